The van der Waals surface area contributed by atoms with Crippen LogP contribution in [0.4, 0.5) is 0 Å². The molecule has 0 spiro atoms. The number of H-pyrrole nitrogens is 1. The van der Waals surface area contributed by atoms with Crippen LogP contribution in [0.1, 0.15) is 19.7 Å². The second-order valence-electron chi connectivity index (χ2n) is 3.86. The number of para-hydroxylation sites is 2. The molecule has 2 aromatic rings. The van der Waals surface area contributed by atoms with Gasteiger partial charge in [-0.1, -0.05) is 19.1 Å². The fourth-order valence-electron chi connectivity index (χ4n) is 1.81. The van der Waals surface area contributed by atoms with E-state index in [0.29, 0.717) is 6.04 Å². The van der Waals surface area contributed by atoms with Gasteiger partial charge in [-0.15, -0.1) is 0 Å². The zero-order valence-electron chi connectivity index (χ0n) is 9.25. The second-order valence-corrected chi connectivity index (χ2v) is 3.86. The zero-order valence-corrected chi connectivity index (χ0v) is 9.25. The largest absolute Gasteiger partial charge is 0.342 e. The lowest BCUT2D eigenvalue weighted by Crippen LogP contribution is -2.27. The van der Waals surface area contributed by atoms with Crippen molar-refractivity contribution in [1.29, 1.82) is 0 Å². The van der Waals surface area contributed by atoms with Gasteiger partial charge in [0.05, 0.1) is 11.0 Å². The van der Waals surface area contributed by atoms with Gasteiger partial charge in [0, 0.05) is 12.5 Å². The Morgan fingerprint density at radius 2 is 2.20 bits per heavy atom. The van der Waals surface area contributed by atoms with Crippen molar-refractivity contribution in [2.45, 2.75) is 26.3 Å². The van der Waals surface area contributed by atoms with Gasteiger partial charge in [-0.25, -0.2) is 4.98 Å². The van der Waals surface area contributed by atoms with Crippen LogP contribution in [0.5, 0.6) is 0 Å². The molecule has 15 heavy (non-hydrogen) atoms. The summed E-state index contributed by atoms with van der Waals surface area (Å²) in [6, 6.07) is 8.60. The molecule has 2 rings (SSSR count). The van der Waals surface area contributed by atoms with Crippen molar-refractivity contribution in [3.63, 3.8) is 0 Å². The molecule has 1 heterocycles. The Bertz CT molecular complexity index is 400. The van der Waals surface area contributed by atoms with Gasteiger partial charge in [0.1, 0.15) is 5.82 Å². The fraction of sp³-hybridized carbons (Fsp3) is 0.417. The number of aromatic amines is 1. The Hall–Kier alpha value is -1.35. The number of rotatable bonds is 4. The molecular weight excluding hydrogens is 186 g/mol. The highest BCUT2D eigenvalue weighted by atomic mass is 14.9. The van der Waals surface area contributed by atoms with E-state index in [-0.39, 0.29) is 0 Å². The second kappa shape index (κ2) is 4.45. The average Bonchev–Trinajstić information content (AvgIpc) is 2.59. The van der Waals surface area contributed by atoms with Crippen LogP contribution in [-0.2, 0) is 6.42 Å². The molecule has 0 amide bonds. The van der Waals surface area contributed by atoms with E-state index in [9.17, 15) is 0 Å². The summed E-state index contributed by atoms with van der Waals surface area (Å²) >= 11 is 0. The Morgan fingerprint density at radius 3 is 2.93 bits per heavy atom. The van der Waals surface area contributed by atoms with Crippen LogP contribution >= 0.6 is 0 Å². The number of aromatic nitrogens is 2. The lowest BCUT2D eigenvalue weighted by molar-refractivity contribution is 0.555. The average molecular weight is 203 g/mol. The van der Waals surface area contributed by atoms with Crippen molar-refractivity contribution in [3.8, 4) is 0 Å². The minimum absolute atomic E-state index is 0.468. The summed E-state index contributed by atoms with van der Waals surface area (Å²) in [5.74, 6) is 1.06. The summed E-state index contributed by atoms with van der Waals surface area (Å²) in [5.41, 5.74) is 2.17. The number of benzene rings is 1. The minimum Gasteiger partial charge on any atom is -0.342 e. The van der Waals surface area contributed by atoms with Gasteiger partial charge in [0.15, 0.2) is 0 Å². The molecule has 2 N–H and O–H groups in total. The van der Waals surface area contributed by atoms with Crippen LogP contribution in [0.2, 0.25) is 0 Å². The molecular formula is C12H17N3. The van der Waals surface area contributed by atoms with E-state index in [1.807, 2.05) is 18.2 Å². The van der Waals surface area contributed by atoms with Crippen LogP contribution < -0.4 is 5.32 Å². The smallest absolute Gasteiger partial charge is 0.108 e. The summed E-state index contributed by atoms with van der Waals surface area (Å²) in [6.07, 6.45) is 0.947. The highest BCUT2D eigenvalue weighted by molar-refractivity contribution is 5.74. The van der Waals surface area contributed by atoms with E-state index < -0.39 is 0 Å². The Labute approximate surface area is 89.9 Å². The molecule has 1 atom stereocenters. The predicted molar refractivity (Wildman–Crippen MR) is 62.9 cm³/mol. The first-order valence-corrected chi connectivity index (χ1v) is 5.46. The molecule has 0 aliphatic heterocycles. The molecule has 3 nitrogen and oxygen atoms in total. The van der Waals surface area contributed by atoms with E-state index >= 15 is 0 Å². The predicted octanol–water partition coefficient (Wildman–Crippen LogP) is 2.10. The van der Waals surface area contributed by atoms with Gasteiger partial charge in [-0.2, -0.15) is 0 Å². The summed E-state index contributed by atoms with van der Waals surface area (Å²) in [6.45, 7) is 5.30. The molecule has 0 saturated carbocycles. The molecule has 80 valence electrons. The van der Waals surface area contributed by atoms with Gasteiger partial charge in [0.2, 0.25) is 0 Å². The summed E-state index contributed by atoms with van der Waals surface area (Å²) in [7, 11) is 0. The Kier molecular flexibility index (Phi) is 3.02. The number of nitrogens with one attached hydrogen (secondary N) is 2. The maximum absolute atomic E-state index is 4.54. The zero-order chi connectivity index (χ0) is 10.7. The molecule has 3 heteroatoms. The van der Waals surface area contributed by atoms with Crippen molar-refractivity contribution >= 4 is 11.0 Å². The number of imidazole rings is 1. The Balaban J connectivity index is 2.15. The Morgan fingerprint density at radius 1 is 1.40 bits per heavy atom. The molecule has 1 unspecified atom stereocenters. The lowest BCUT2D eigenvalue weighted by atomic mass is 10.2. The summed E-state index contributed by atoms with van der Waals surface area (Å²) in [4.78, 5) is 7.87. The number of nitrogens with zero attached hydrogens (tertiary/aromatic N) is 1. The van der Waals surface area contributed by atoms with Crippen molar-refractivity contribution < 1.29 is 0 Å². The van der Waals surface area contributed by atoms with Gasteiger partial charge in [-0.05, 0) is 25.6 Å². The molecule has 1 aromatic carbocycles. The topological polar surface area (TPSA) is 40.7 Å². The number of hydrogen-bond acceptors (Lipinski definition) is 2. The normalized spacial score (nSPS) is 13.2. The van der Waals surface area contributed by atoms with E-state index in [4.69, 9.17) is 0 Å². The molecule has 0 saturated heterocycles. The quantitative estimate of drug-likeness (QED) is 0.799. The maximum atomic E-state index is 4.54. The molecule has 0 fully saturated rings. The number of hydrogen-bond donors (Lipinski definition) is 2. The van der Waals surface area contributed by atoms with Crippen LogP contribution in [0.15, 0.2) is 24.3 Å². The first kappa shape index (κ1) is 10.2. The minimum atomic E-state index is 0.468. The van der Waals surface area contributed by atoms with Crippen LogP contribution in [0.25, 0.3) is 11.0 Å². The van der Waals surface area contributed by atoms with Gasteiger partial charge in [-0.3, -0.25) is 0 Å². The van der Waals surface area contributed by atoms with Crippen molar-refractivity contribution in [3.05, 3.63) is 30.1 Å². The molecule has 0 bridgehead atoms. The molecule has 0 radical (unpaired) electrons. The van der Waals surface area contributed by atoms with E-state index in [0.717, 1.165) is 29.8 Å². The number of likely N-dealkylation sites (N-methyl/N-ethyl adjacent to an activating group) is 1. The third-order valence-electron chi connectivity index (χ3n) is 2.49. The number of fused-ring (bicyclic) bond motifs is 1. The van der Waals surface area contributed by atoms with E-state index in [2.05, 4.69) is 35.2 Å². The van der Waals surface area contributed by atoms with Crippen LogP contribution in [0, 0.1) is 0 Å². The maximum Gasteiger partial charge on any atom is 0.108 e. The lowest BCUT2D eigenvalue weighted by Gasteiger charge is -2.09. The fourth-order valence-corrected chi connectivity index (χ4v) is 1.81. The third-order valence-corrected chi connectivity index (χ3v) is 2.49. The molecule has 0 aliphatic carbocycles. The van der Waals surface area contributed by atoms with E-state index in [1.165, 1.54) is 0 Å². The van der Waals surface area contributed by atoms with Gasteiger partial charge < -0.3 is 10.3 Å². The van der Waals surface area contributed by atoms with Gasteiger partial charge >= 0.3 is 0 Å². The monoisotopic (exact) mass is 203 g/mol. The molecule has 0 aliphatic rings. The summed E-state index contributed by atoms with van der Waals surface area (Å²) in [5, 5.41) is 3.38. The van der Waals surface area contributed by atoms with Crippen molar-refractivity contribution in [1.82, 2.24) is 15.3 Å². The third kappa shape index (κ3) is 2.36. The first-order valence-electron chi connectivity index (χ1n) is 5.46. The van der Waals surface area contributed by atoms with E-state index in [1.54, 1.807) is 0 Å². The van der Waals surface area contributed by atoms with Gasteiger partial charge in [0.25, 0.3) is 0 Å². The van der Waals surface area contributed by atoms with Crippen LogP contribution in [-0.4, -0.2) is 22.6 Å². The standard InChI is InChI=1S/C12H17N3/c1-3-13-9(2)8-12-14-10-6-4-5-7-11(10)15-12/h4-7,9,13H,3,8H2,1-2H3,(H,14,15). The SMILES string of the molecule is CCNC(C)Cc1nc2ccccc2[nH]1. The highest BCUT2D eigenvalue weighted by Crippen LogP contribution is 2.11. The van der Waals surface area contributed by atoms with Crippen LogP contribution in [0.3, 0.4) is 0 Å². The highest BCUT2D eigenvalue weighted by Gasteiger charge is 2.06. The van der Waals surface area contributed by atoms with Crippen molar-refractivity contribution in [2.75, 3.05) is 6.54 Å². The summed E-state index contributed by atoms with van der Waals surface area (Å²) < 4.78 is 0. The first-order chi connectivity index (χ1) is 7.29. The molecule has 1 aromatic heterocycles. The van der Waals surface area contributed by atoms with Crippen molar-refractivity contribution in [2.24, 2.45) is 0 Å².